The number of pyridine rings is 1. The Morgan fingerprint density at radius 1 is 1.13 bits per heavy atom. The maximum absolute atomic E-state index is 15.6. The van der Waals surface area contributed by atoms with Gasteiger partial charge in [0.25, 0.3) is 11.8 Å². The lowest BCUT2D eigenvalue weighted by Gasteiger charge is -2.38. The van der Waals surface area contributed by atoms with Crippen LogP contribution in [-0.2, 0) is 4.79 Å². The summed E-state index contributed by atoms with van der Waals surface area (Å²) in [7, 11) is 1.52. The Hall–Kier alpha value is -3.29. The van der Waals surface area contributed by atoms with Crippen LogP contribution in [0.3, 0.4) is 0 Å². The third kappa shape index (κ3) is 8.10. The number of nitrogens with zero attached hydrogens (tertiary/aromatic N) is 2. The van der Waals surface area contributed by atoms with Crippen molar-refractivity contribution in [3.05, 3.63) is 65.0 Å². The summed E-state index contributed by atoms with van der Waals surface area (Å²) in [4.78, 5) is 44.1. The van der Waals surface area contributed by atoms with Gasteiger partial charge in [-0.25, -0.2) is 9.37 Å². The highest BCUT2D eigenvalue weighted by atomic mass is 19.1. The normalized spacial score (nSPS) is 18.5. The fourth-order valence-electron chi connectivity index (χ4n) is 4.84. The van der Waals surface area contributed by atoms with Crippen LogP contribution in [0.2, 0.25) is 0 Å². The van der Waals surface area contributed by atoms with E-state index >= 15 is 4.39 Å². The van der Waals surface area contributed by atoms with Gasteiger partial charge in [-0.1, -0.05) is 58.0 Å². The fourth-order valence-corrected chi connectivity index (χ4v) is 4.84. The van der Waals surface area contributed by atoms with Crippen molar-refractivity contribution in [2.24, 2.45) is 5.41 Å². The second-order valence-corrected chi connectivity index (χ2v) is 11.5. The zero-order chi connectivity index (χ0) is 27.9. The molecule has 0 radical (unpaired) electrons. The zero-order valence-corrected chi connectivity index (χ0v) is 23.3. The number of hydrogen-bond donors (Lipinski definition) is 2. The molecule has 1 fully saturated rings. The van der Waals surface area contributed by atoms with Crippen LogP contribution in [-0.4, -0.2) is 60.0 Å². The number of benzene rings is 1. The summed E-state index contributed by atoms with van der Waals surface area (Å²) >= 11 is 0. The quantitative estimate of drug-likeness (QED) is 0.458. The zero-order valence-electron chi connectivity index (χ0n) is 23.3. The molecule has 1 aliphatic rings. The Labute approximate surface area is 225 Å². The van der Waals surface area contributed by atoms with Gasteiger partial charge in [0.15, 0.2) is 0 Å². The van der Waals surface area contributed by atoms with Gasteiger partial charge < -0.3 is 15.5 Å². The smallest absolute Gasteiger partial charge is 0.269 e. The van der Waals surface area contributed by atoms with Crippen LogP contribution in [0.5, 0.6) is 0 Å². The lowest BCUT2D eigenvalue weighted by Crippen LogP contribution is -2.48. The van der Waals surface area contributed by atoms with Crippen molar-refractivity contribution < 1.29 is 18.8 Å². The monoisotopic (exact) mass is 524 g/mol. The molecule has 1 aromatic heterocycles. The standard InChI is InChI=1S/C30H41FN4O3/c1-21(22-11-7-6-8-12-22)24-17-23(18-25(34-24)28(38)32-5)27(37)33-15-9-13-30(31)14-10-16-35(20-30)26(36)19-29(2,3)4/h6-8,11-12,17-18,21H,9-10,13-16,19-20H2,1-5H3,(H,32,38)(H,33,37)/t21?,30-/m0/s1. The predicted molar refractivity (Wildman–Crippen MR) is 147 cm³/mol. The highest BCUT2D eigenvalue weighted by Gasteiger charge is 2.37. The van der Waals surface area contributed by atoms with E-state index in [4.69, 9.17) is 0 Å². The number of nitrogens with one attached hydrogen (secondary N) is 2. The highest BCUT2D eigenvalue weighted by Crippen LogP contribution is 2.31. The first-order chi connectivity index (χ1) is 17.9. The van der Waals surface area contributed by atoms with Crippen LogP contribution in [0, 0.1) is 5.41 Å². The van der Waals surface area contributed by atoms with E-state index in [9.17, 15) is 14.4 Å². The molecule has 0 bridgehead atoms. The van der Waals surface area contributed by atoms with Crippen LogP contribution < -0.4 is 10.6 Å². The average Bonchev–Trinajstić information content (AvgIpc) is 2.89. The number of likely N-dealkylation sites (tertiary alicyclic amines) is 1. The van der Waals surface area contributed by atoms with E-state index in [-0.39, 0.29) is 47.7 Å². The fraction of sp³-hybridized carbons (Fsp3) is 0.533. The van der Waals surface area contributed by atoms with Gasteiger partial charge in [0, 0.05) is 43.7 Å². The molecule has 1 unspecified atom stereocenters. The Morgan fingerprint density at radius 2 is 1.84 bits per heavy atom. The summed E-state index contributed by atoms with van der Waals surface area (Å²) in [5, 5.41) is 5.43. The minimum Gasteiger partial charge on any atom is -0.354 e. The lowest BCUT2D eigenvalue weighted by molar-refractivity contribution is -0.137. The molecule has 8 heteroatoms. The third-order valence-electron chi connectivity index (χ3n) is 6.96. The molecule has 2 atom stereocenters. The number of aromatic nitrogens is 1. The lowest BCUT2D eigenvalue weighted by atomic mass is 9.87. The molecule has 7 nitrogen and oxygen atoms in total. The van der Waals surface area contributed by atoms with Gasteiger partial charge in [-0.15, -0.1) is 0 Å². The minimum atomic E-state index is -1.45. The summed E-state index contributed by atoms with van der Waals surface area (Å²) in [6, 6.07) is 12.9. The van der Waals surface area contributed by atoms with Gasteiger partial charge in [0.05, 0.1) is 6.54 Å². The first-order valence-corrected chi connectivity index (χ1v) is 13.4. The van der Waals surface area contributed by atoms with E-state index in [1.807, 2.05) is 58.0 Å². The molecule has 2 N–H and O–H groups in total. The number of carbonyl (C=O) groups excluding carboxylic acids is 3. The summed E-state index contributed by atoms with van der Waals surface area (Å²) in [5.74, 6) is -0.826. The van der Waals surface area contributed by atoms with Crippen molar-refractivity contribution in [3.63, 3.8) is 0 Å². The number of amides is 3. The topological polar surface area (TPSA) is 91.4 Å². The van der Waals surface area contributed by atoms with Crippen molar-refractivity contribution in [3.8, 4) is 0 Å². The molecule has 1 saturated heterocycles. The molecular formula is C30H41FN4O3. The Kier molecular flexibility index (Phi) is 9.63. The van der Waals surface area contributed by atoms with Gasteiger partial charge in [-0.05, 0) is 48.8 Å². The van der Waals surface area contributed by atoms with Crippen LogP contribution in [0.1, 0.15) is 97.8 Å². The van der Waals surface area contributed by atoms with Gasteiger partial charge in [0.1, 0.15) is 11.4 Å². The average molecular weight is 525 g/mol. The van der Waals surface area contributed by atoms with Crippen LogP contribution in [0.15, 0.2) is 42.5 Å². The molecule has 38 heavy (non-hydrogen) atoms. The molecular weight excluding hydrogens is 483 g/mol. The van der Waals surface area contributed by atoms with Gasteiger partial charge in [0.2, 0.25) is 5.91 Å². The summed E-state index contributed by atoms with van der Waals surface area (Å²) < 4.78 is 15.6. The minimum absolute atomic E-state index is 0.00216. The SMILES string of the molecule is CNC(=O)c1cc(C(=O)NCCC[C@]2(F)CCCN(C(=O)CC(C)(C)C)C2)cc(C(C)c2ccccc2)n1. The first kappa shape index (κ1) is 29.3. The Balaban J connectivity index is 1.62. The van der Waals surface area contributed by atoms with E-state index in [2.05, 4.69) is 15.6 Å². The number of halogens is 1. The Bertz CT molecular complexity index is 1130. The van der Waals surface area contributed by atoms with E-state index in [1.54, 1.807) is 11.0 Å². The van der Waals surface area contributed by atoms with E-state index in [0.717, 1.165) is 5.56 Å². The largest absolute Gasteiger partial charge is 0.354 e. The summed E-state index contributed by atoms with van der Waals surface area (Å²) in [6.45, 7) is 8.99. The maximum Gasteiger partial charge on any atom is 0.269 e. The number of carbonyl (C=O) groups is 3. The van der Waals surface area contributed by atoms with Gasteiger partial charge in [-0.2, -0.15) is 0 Å². The summed E-state index contributed by atoms with van der Waals surface area (Å²) in [5.41, 5.74) is 0.563. The molecule has 1 aliphatic heterocycles. The predicted octanol–water partition coefficient (Wildman–Crippen LogP) is 4.87. The van der Waals surface area contributed by atoms with Crippen molar-refractivity contribution >= 4 is 17.7 Å². The Morgan fingerprint density at radius 3 is 2.50 bits per heavy atom. The second-order valence-electron chi connectivity index (χ2n) is 11.5. The first-order valence-electron chi connectivity index (χ1n) is 13.4. The molecule has 2 heterocycles. The number of alkyl halides is 1. The molecule has 3 amide bonds. The number of piperidine rings is 1. The van der Waals surface area contributed by atoms with E-state index < -0.39 is 5.67 Å². The molecule has 0 saturated carbocycles. The van der Waals surface area contributed by atoms with E-state index in [0.29, 0.717) is 50.0 Å². The number of rotatable bonds is 9. The van der Waals surface area contributed by atoms with Crippen molar-refractivity contribution in [2.75, 3.05) is 26.7 Å². The molecule has 1 aromatic carbocycles. The van der Waals surface area contributed by atoms with Gasteiger partial charge in [-0.3, -0.25) is 14.4 Å². The van der Waals surface area contributed by atoms with Crippen molar-refractivity contribution in [1.29, 1.82) is 0 Å². The van der Waals surface area contributed by atoms with Crippen LogP contribution >= 0.6 is 0 Å². The number of hydrogen-bond acceptors (Lipinski definition) is 4. The highest BCUT2D eigenvalue weighted by molar-refractivity contribution is 5.98. The maximum atomic E-state index is 15.6. The molecule has 206 valence electrons. The summed E-state index contributed by atoms with van der Waals surface area (Å²) in [6.07, 6.45) is 2.17. The molecule has 3 rings (SSSR count). The van der Waals surface area contributed by atoms with Gasteiger partial charge >= 0.3 is 0 Å². The van der Waals surface area contributed by atoms with Crippen LogP contribution in [0.4, 0.5) is 4.39 Å². The molecule has 0 aliphatic carbocycles. The van der Waals surface area contributed by atoms with Crippen molar-refractivity contribution in [1.82, 2.24) is 20.5 Å². The molecule has 2 aromatic rings. The van der Waals surface area contributed by atoms with Crippen LogP contribution in [0.25, 0.3) is 0 Å². The van der Waals surface area contributed by atoms with Crippen molar-refractivity contribution in [2.45, 2.75) is 71.4 Å². The second kappa shape index (κ2) is 12.5. The van der Waals surface area contributed by atoms with E-state index in [1.165, 1.54) is 13.1 Å². The molecule has 0 spiro atoms. The third-order valence-corrected chi connectivity index (χ3v) is 6.96.